The molecule has 2 amide bonds. The van der Waals surface area contributed by atoms with Crippen molar-refractivity contribution in [3.63, 3.8) is 0 Å². The molecule has 3 aromatic rings. The third kappa shape index (κ3) is 6.89. The molecule has 192 valence electrons. The molecule has 1 atom stereocenters. The lowest BCUT2D eigenvalue weighted by atomic mass is 10.0. The van der Waals surface area contributed by atoms with Crippen molar-refractivity contribution in [3.05, 3.63) is 68.9 Å². The summed E-state index contributed by atoms with van der Waals surface area (Å²) in [6.45, 7) is 10.8. The Morgan fingerprint density at radius 2 is 1.83 bits per heavy atom. The predicted octanol–water partition coefficient (Wildman–Crippen LogP) is 6.70. The average molecular weight is 593 g/mol. The number of halogens is 2. The fraction of sp³-hybridized carbons (Fsp3) is 0.385. The van der Waals surface area contributed by atoms with Gasteiger partial charge < -0.3 is 15.2 Å². The summed E-state index contributed by atoms with van der Waals surface area (Å²) in [5.74, 6) is 0.761. The highest BCUT2D eigenvalue weighted by molar-refractivity contribution is 9.10. The van der Waals surface area contributed by atoms with Gasteiger partial charge in [-0.1, -0.05) is 79.1 Å². The van der Waals surface area contributed by atoms with Gasteiger partial charge in [-0.2, -0.15) is 0 Å². The molecule has 0 aliphatic carbocycles. The van der Waals surface area contributed by atoms with Crippen molar-refractivity contribution >= 4 is 56.8 Å². The molecule has 0 spiro atoms. The molecule has 1 heterocycles. The lowest BCUT2D eigenvalue weighted by molar-refractivity contribution is -0.113. The Hall–Kier alpha value is -2.36. The van der Waals surface area contributed by atoms with Gasteiger partial charge in [0.1, 0.15) is 0 Å². The van der Waals surface area contributed by atoms with Crippen molar-refractivity contribution in [2.45, 2.75) is 58.3 Å². The third-order valence-electron chi connectivity index (χ3n) is 5.65. The molecule has 36 heavy (non-hydrogen) atoms. The summed E-state index contributed by atoms with van der Waals surface area (Å²) >= 11 is 11.0. The van der Waals surface area contributed by atoms with Crippen LogP contribution in [0, 0.1) is 5.92 Å². The van der Waals surface area contributed by atoms with E-state index in [0.717, 1.165) is 15.7 Å². The van der Waals surface area contributed by atoms with Gasteiger partial charge in [-0.05, 0) is 54.7 Å². The van der Waals surface area contributed by atoms with Crippen LogP contribution in [0.25, 0.3) is 0 Å². The van der Waals surface area contributed by atoms with Gasteiger partial charge in [-0.25, -0.2) is 0 Å². The minimum Gasteiger partial charge on any atom is -0.342 e. The molecule has 0 bridgehead atoms. The lowest BCUT2D eigenvalue weighted by Gasteiger charge is -2.22. The maximum Gasteiger partial charge on any atom is 0.253 e. The molecule has 0 fully saturated rings. The summed E-state index contributed by atoms with van der Waals surface area (Å²) in [7, 11) is 0. The molecular weight excluding hydrogens is 562 g/mol. The largest absolute Gasteiger partial charge is 0.342 e. The molecule has 3 rings (SSSR count). The van der Waals surface area contributed by atoms with E-state index in [0.29, 0.717) is 28.1 Å². The Kier molecular flexibility index (Phi) is 9.99. The first kappa shape index (κ1) is 28.2. The summed E-state index contributed by atoms with van der Waals surface area (Å²) < 4.78 is 2.91. The molecular formula is C26H31BrClN5O2S. The van der Waals surface area contributed by atoms with Gasteiger partial charge in [0.25, 0.3) is 5.91 Å². The van der Waals surface area contributed by atoms with Gasteiger partial charge in [-0.15, -0.1) is 10.2 Å². The second-order valence-electron chi connectivity index (χ2n) is 8.98. The Labute approximate surface area is 229 Å². The van der Waals surface area contributed by atoms with Gasteiger partial charge in [0.05, 0.1) is 22.4 Å². The molecule has 10 heteroatoms. The van der Waals surface area contributed by atoms with Crippen molar-refractivity contribution < 1.29 is 9.59 Å². The fourth-order valence-electron chi connectivity index (χ4n) is 3.77. The number of carbonyl (C=O) groups excluding carboxylic acids is 2. The number of anilines is 1. The zero-order valence-electron chi connectivity index (χ0n) is 21.0. The Morgan fingerprint density at radius 3 is 2.47 bits per heavy atom. The molecule has 0 aliphatic rings. The number of amides is 2. The van der Waals surface area contributed by atoms with Crippen LogP contribution in [0.2, 0.25) is 5.02 Å². The van der Waals surface area contributed by atoms with Crippen LogP contribution in [0.1, 0.15) is 68.3 Å². The fourth-order valence-corrected chi connectivity index (χ4v) is 5.18. The Bertz CT molecular complexity index is 1230. The van der Waals surface area contributed by atoms with Gasteiger partial charge in [0, 0.05) is 16.7 Å². The van der Waals surface area contributed by atoms with E-state index in [1.54, 1.807) is 24.3 Å². The highest BCUT2D eigenvalue weighted by Gasteiger charge is 2.27. The molecule has 7 nitrogen and oxygen atoms in total. The summed E-state index contributed by atoms with van der Waals surface area (Å²) in [5, 5.41) is 15.8. The van der Waals surface area contributed by atoms with Crippen molar-refractivity contribution in [1.82, 2.24) is 20.1 Å². The van der Waals surface area contributed by atoms with E-state index in [-0.39, 0.29) is 35.4 Å². The van der Waals surface area contributed by atoms with Crippen molar-refractivity contribution in [1.29, 1.82) is 0 Å². The molecule has 1 aromatic heterocycles. The van der Waals surface area contributed by atoms with E-state index in [4.69, 9.17) is 11.6 Å². The van der Waals surface area contributed by atoms with Crippen LogP contribution in [0.4, 0.5) is 5.69 Å². The first-order valence-electron chi connectivity index (χ1n) is 11.8. The molecule has 0 aliphatic heterocycles. The highest BCUT2D eigenvalue weighted by atomic mass is 79.9. The monoisotopic (exact) mass is 591 g/mol. The quantitative estimate of drug-likeness (QED) is 0.256. The van der Waals surface area contributed by atoms with E-state index in [2.05, 4.69) is 50.6 Å². The zero-order valence-corrected chi connectivity index (χ0v) is 24.2. The normalized spacial score (nSPS) is 12.1. The third-order valence-corrected chi connectivity index (χ3v) is 7.44. The predicted molar refractivity (Wildman–Crippen MR) is 150 cm³/mol. The summed E-state index contributed by atoms with van der Waals surface area (Å²) in [5.41, 5.74) is 2.28. The van der Waals surface area contributed by atoms with Crippen LogP contribution in [0.15, 0.2) is 52.1 Å². The van der Waals surface area contributed by atoms with Crippen LogP contribution in [-0.4, -0.2) is 32.3 Å². The number of benzene rings is 2. The number of hydrogen-bond acceptors (Lipinski definition) is 5. The second-order valence-corrected chi connectivity index (χ2v) is 11.2. The minimum absolute atomic E-state index is 0.0546. The molecule has 0 saturated heterocycles. The number of aromatic nitrogens is 3. The van der Waals surface area contributed by atoms with E-state index in [1.165, 1.54) is 11.8 Å². The van der Waals surface area contributed by atoms with Gasteiger partial charge in [0.2, 0.25) is 5.91 Å². The first-order valence-corrected chi connectivity index (χ1v) is 14.0. The van der Waals surface area contributed by atoms with Gasteiger partial charge >= 0.3 is 0 Å². The summed E-state index contributed by atoms with van der Waals surface area (Å²) in [6, 6.07) is 12.4. The van der Waals surface area contributed by atoms with Gasteiger partial charge in [0.15, 0.2) is 11.0 Å². The van der Waals surface area contributed by atoms with E-state index >= 15 is 0 Å². The number of hydrogen-bond donors (Lipinski definition) is 2. The number of nitrogens with zero attached hydrogens (tertiary/aromatic N) is 3. The molecule has 0 radical (unpaired) electrons. The van der Waals surface area contributed by atoms with Crippen molar-refractivity contribution in [2.24, 2.45) is 5.92 Å². The average Bonchev–Trinajstić information content (AvgIpc) is 3.24. The van der Waals surface area contributed by atoms with E-state index in [9.17, 15) is 9.59 Å². The summed E-state index contributed by atoms with van der Waals surface area (Å²) in [4.78, 5) is 25.7. The lowest BCUT2D eigenvalue weighted by Crippen LogP contribution is -2.34. The number of carbonyl (C=O) groups is 2. The molecule has 0 unspecified atom stereocenters. The maximum absolute atomic E-state index is 12.9. The van der Waals surface area contributed by atoms with E-state index in [1.807, 2.05) is 43.5 Å². The van der Waals surface area contributed by atoms with E-state index < -0.39 is 0 Å². The molecule has 0 saturated carbocycles. The summed E-state index contributed by atoms with van der Waals surface area (Å²) in [6.07, 6.45) is 0. The van der Waals surface area contributed by atoms with Gasteiger partial charge in [-0.3, -0.25) is 9.59 Å². The van der Waals surface area contributed by atoms with Crippen LogP contribution in [0.5, 0.6) is 0 Å². The number of thioether (sulfide) groups is 1. The zero-order chi connectivity index (χ0) is 26.4. The van der Waals surface area contributed by atoms with Crippen molar-refractivity contribution in [2.75, 3.05) is 11.1 Å². The second kappa shape index (κ2) is 12.7. The molecule has 2 N–H and O–H groups in total. The number of nitrogens with one attached hydrogen (secondary N) is 2. The van der Waals surface area contributed by atoms with Crippen LogP contribution < -0.4 is 10.6 Å². The SMILES string of the molecule is CCn1c(SCC(=O)Nc2ccc(Br)cc2C(C)C)nnc1[C@@H](NC(=O)c1ccccc1Cl)C(C)C. The maximum atomic E-state index is 12.9. The van der Waals surface area contributed by atoms with Crippen molar-refractivity contribution in [3.8, 4) is 0 Å². The smallest absolute Gasteiger partial charge is 0.253 e. The van der Waals surface area contributed by atoms with Crippen LogP contribution in [0.3, 0.4) is 0 Å². The standard InChI is InChI=1S/C26H31BrClN5O2S/c1-6-33-24(23(16(4)5)30-25(35)18-9-7-8-10-20(18)28)31-32-26(33)36-14-22(34)29-21-12-11-17(27)13-19(21)15(2)3/h7-13,15-16,23H,6,14H2,1-5H3,(H,29,34)(H,30,35)/t23-/m0/s1. The first-order chi connectivity index (χ1) is 17.1. The topological polar surface area (TPSA) is 88.9 Å². The highest BCUT2D eigenvalue weighted by Crippen LogP contribution is 2.29. The van der Waals surface area contributed by atoms with Crippen LogP contribution >= 0.6 is 39.3 Å². The Balaban J connectivity index is 1.73. The number of rotatable bonds is 10. The Morgan fingerprint density at radius 1 is 1.11 bits per heavy atom. The van der Waals surface area contributed by atoms with Crippen LogP contribution in [-0.2, 0) is 11.3 Å². The molecule has 2 aromatic carbocycles. The minimum atomic E-state index is -0.374.